The van der Waals surface area contributed by atoms with Crippen LogP contribution in [0.25, 0.3) is 0 Å². The predicted molar refractivity (Wildman–Crippen MR) is 275 cm³/mol. The summed E-state index contributed by atoms with van der Waals surface area (Å²) in [5.74, 6) is -0.861. The molecule has 0 amide bonds. The van der Waals surface area contributed by atoms with Crippen molar-refractivity contribution in [2.45, 2.75) is 316 Å². The number of carbonyl (C=O) groups excluding carboxylic acids is 3. The quantitative estimate of drug-likeness (QED) is 0.0262. The van der Waals surface area contributed by atoms with Gasteiger partial charge in [0.1, 0.15) is 13.2 Å². The molecule has 0 saturated heterocycles. The number of esters is 3. The Labute approximate surface area is 398 Å². The average Bonchev–Trinajstić information content (AvgIpc) is 3.29. The van der Waals surface area contributed by atoms with E-state index in [2.05, 4.69) is 45.1 Å². The number of unbranched alkanes of at least 4 members (excludes halogenated alkanes) is 37. The lowest BCUT2D eigenvalue weighted by Crippen LogP contribution is -2.30. The summed E-state index contributed by atoms with van der Waals surface area (Å²) in [5, 5.41) is 0. The second-order valence-electron chi connectivity index (χ2n) is 19.2. The standard InChI is InChI=1S/C58H108O6/c1-4-7-10-13-16-18-20-22-24-26-28-29-30-32-33-35-37-39-42-45-48-51-57(60)63-54-55(53-62-56(59)50-47-44-41-15-12-9-6-3)64-58(61)52-49-46-43-40-38-36-34-31-27-25-23-21-19-17-14-11-8-5-2/h20,22,26,28,55H,4-19,21,23-25,27,29-54H2,1-3H3/b22-20-,28-26-. The Hall–Kier alpha value is -2.11. The van der Waals surface area contributed by atoms with Crippen molar-refractivity contribution in [2.75, 3.05) is 13.2 Å². The van der Waals surface area contributed by atoms with Crippen molar-refractivity contribution in [3.05, 3.63) is 24.3 Å². The third-order valence-corrected chi connectivity index (χ3v) is 12.7. The molecule has 1 atom stereocenters. The lowest BCUT2D eigenvalue weighted by Gasteiger charge is -2.18. The Morgan fingerprint density at radius 3 is 0.859 bits per heavy atom. The minimum atomic E-state index is -0.766. The van der Waals surface area contributed by atoms with Gasteiger partial charge >= 0.3 is 17.9 Å². The van der Waals surface area contributed by atoms with Gasteiger partial charge in [-0.05, 0) is 51.4 Å². The van der Waals surface area contributed by atoms with E-state index in [0.29, 0.717) is 19.3 Å². The molecule has 0 aliphatic heterocycles. The minimum absolute atomic E-state index is 0.0683. The van der Waals surface area contributed by atoms with E-state index in [4.69, 9.17) is 14.2 Å². The lowest BCUT2D eigenvalue weighted by molar-refractivity contribution is -0.167. The Bertz CT molecular complexity index is 1040. The highest BCUT2D eigenvalue weighted by atomic mass is 16.6. The zero-order chi connectivity index (χ0) is 46.5. The van der Waals surface area contributed by atoms with Gasteiger partial charge in [0, 0.05) is 19.3 Å². The van der Waals surface area contributed by atoms with Gasteiger partial charge in [0.2, 0.25) is 0 Å². The second kappa shape index (κ2) is 53.5. The summed E-state index contributed by atoms with van der Waals surface area (Å²) < 4.78 is 16.8. The maximum absolute atomic E-state index is 12.8. The van der Waals surface area contributed by atoms with Crippen molar-refractivity contribution in [1.82, 2.24) is 0 Å². The van der Waals surface area contributed by atoms with Crippen LogP contribution in [0, 0.1) is 0 Å². The highest BCUT2D eigenvalue weighted by Gasteiger charge is 2.19. The van der Waals surface area contributed by atoms with Gasteiger partial charge in [-0.1, -0.05) is 263 Å². The monoisotopic (exact) mass is 901 g/mol. The maximum atomic E-state index is 12.8. The first-order chi connectivity index (χ1) is 31.5. The van der Waals surface area contributed by atoms with Crippen LogP contribution in [0.3, 0.4) is 0 Å². The summed E-state index contributed by atoms with van der Waals surface area (Å²) in [6.45, 7) is 6.63. The zero-order valence-electron chi connectivity index (χ0n) is 43.1. The molecule has 6 heteroatoms. The topological polar surface area (TPSA) is 78.9 Å². The first kappa shape index (κ1) is 61.9. The van der Waals surface area contributed by atoms with Crippen molar-refractivity contribution in [3.63, 3.8) is 0 Å². The minimum Gasteiger partial charge on any atom is -0.462 e. The van der Waals surface area contributed by atoms with Crippen molar-refractivity contribution in [2.24, 2.45) is 0 Å². The smallest absolute Gasteiger partial charge is 0.306 e. The van der Waals surface area contributed by atoms with Crippen molar-refractivity contribution in [1.29, 1.82) is 0 Å². The van der Waals surface area contributed by atoms with Crippen LogP contribution in [0.2, 0.25) is 0 Å². The van der Waals surface area contributed by atoms with Crippen LogP contribution in [-0.2, 0) is 28.6 Å². The van der Waals surface area contributed by atoms with E-state index in [1.165, 1.54) is 205 Å². The molecule has 0 aliphatic carbocycles. The fourth-order valence-electron chi connectivity index (χ4n) is 8.42. The number of allylic oxidation sites excluding steroid dienone is 4. The zero-order valence-corrected chi connectivity index (χ0v) is 43.1. The van der Waals surface area contributed by atoms with Crippen LogP contribution < -0.4 is 0 Å². The molecule has 0 rings (SSSR count). The van der Waals surface area contributed by atoms with Crippen LogP contribution in [0.4, 0.5) is 0 Å². The number of ether oxygens (including phenoxy) is 3. The molecular weight excluding hydrogens is 793 g/mol. The molecule has 0 aromatic heterocycles. The third kappa shape index (κ3) is 50.9. The number of hydrogen-bond donors (Lipinski definition) is 0. The molecule has 64 heavy (non-hydrogen) atoms. The summed E-state index contributed by atoms with van der Waals surface area (Å²) in [4.78, 5) is 37.9. The molecule has 6 nitrogen and oxygen atoms in total. The van der Waals surface area contributed by atoms with E-state index in [-0.39, 0.29) is 31.1 Å². The van der Waals surface area contributed by atoms with Crippen molar-refractivity contribution >= 4 is 17.9 Å². The molecule has 0 heterocycles. The van der Waals surface area contributed by atoms with Crippen LogP contribution in [0.1, 0.15) is 310 Å². The van der Waals surface area contributed by atoms with Crippen LogP contribution >= 0.6 is 0 Å². The molecule has 0 aliphatic rings. The first-order valence-corrected chi connectivity index (χ1v) is 28.3. The average molecular weight is 901 g/mol. The highest BCUT2D eigenvalue weighted by molar-refractivity contribution is 5.71. The number of rotatable bonds is 52. The molecule has 376 valence electrons. The molecular formula is C58H108O6. The second-order valence-corrected chi connectivity index (χ2v) is 19.2. The van der Waals surface area contributed by atoms with Crippen molar-refractivity contribution < 1.29 is 28.6 Å². The summed E-state index contributed by atoms with van der Waals surface area (Å²) in [6.07, 6.45) is 61.9. The Morgan fingerprint density at radius 2 is 0.562 bits per heavy atom. The van der Waals surface area contributed by atoms with E-state index in [1.54, 1.807) is 0 Å². The molecule has 0 aromatic rings. The Morgan fingerprint density at radius 1 is 0.312 bits per heavy atom. The van der Waals surface area contributed by atoms with Gasteiger partial charge in [-0.25, -0.2) is 0 Å². The van der Waals surface area contributed by atoms with Crippen LogP contribution in [0.5, 0.6) is 0 Å². The SMILES string of the molecule is CCCCCCC/C=C\C/C=C\CCCCCCCCCCCC(=O)OCC(COC(=O)CCCCCCCCC)OC(=O)CCCCCCCCCCCCCCCCCCCC. The van der Waals surface area contributed by atoms with E-state index in [9.17, 15) is 14.4 Å². The Kier molecular flexibility index (Phi) is 51.7. The molecule has 0 saturated carbocycles. The van der Waals surface area contributed by atoms with Gasteiger partial charge < -0.3 is 14.2 Å². The normalized spacial score (nSPS) is 12.1. The molecule has 0 bridgehead atoms. The van der Waals surface area contributed by atoms with Crippen molar-refractivity contribution in [3.8, 4) is 0 Å². The van der Waals surface area contributed by atoms with Gasteiger partial charge in [0.05, 0.1) is 0 Å². The highest BCUT2D eigenvalue weighted by Crippen LogP contribution is 2.17. The summed E-state index contributed by atoms with van der Waals surface area (Å²) >= 11 is 0. The molecule has 0 spiro atoms. The number of carbonyl (C=O) groups is 3. The molecule has 0 aromatic carbocycles. The van der Waals surface area contributed by atoms with Crippen LogP contribution in [0.15, 0.2) is 24.3 Å². The summed E-state index contributed by atoms with van der Waals surface area (Å²) in [7, 11) is 0. The van der Waals surface area contributed by atoms with Gasteiger partial charge in [-0.2, -0.15) is 0 Å². The summed E-state index contributed by atoms with van der Waals surface area (Å²) in [6, 6.07) is 0. The van der Waals surface area contributed by atoms with E-state index in [1.807, 2.05) is 0 Å². The Balaban J connectivity index is 4.17. The molecule has 0 radical (unpaired) electrons. The van der Waals surface area contributed by atoms with E-state index >= 15 is 0 Å². The van der Waals surface area contributed by atoms with Gasteiger partial charge in [0.25, 0.3) is 0 Å². The fourth-order valence-corrected chi connectivity index (χ4v) is 8.42. The first-order valence-electron chi connectivity index (χ1n) is 28.3. The maximum Gasteiger partial charge on any atom is 0.306 e. The van der Waals surface area contributed by atoms with Crippen LogP contribution in [-0.4, -0.2) is 37.2 Å². The van der Waals surface area contributed by atoms with E-state index in [0.717, 1.165) is 64.2 Å². The summed E-state index contributed by atoms with van der Waals surface area (Å²) in [5.41, 5.74) is 0. The predicted octanol–water partition coefficient (Wildman–Crippen LogP) is 18.7. The third-order valence-electron chi connectivity index (χ3n) is 12.7. The van der Waals surface area contributed by atoms with Gasteiger partial charge in [-0.15, -0.1) is 0 Å². The largest absolute Gasteiger partial charge is 0.462 e. The fraction of sp³-hybridized carbons (Fsp3) is 0.879. The molecule has 0 fully saturated rings. The molecule has 1 unspecified atom stereocenters. The number of hydrogen-bond acceptors (Lipinski definition) is 6. The van der Waals surface area contributed by atoms with Gasteiger partial charge in [0.15, 0.2) is 6.10 Å². The molecule has 0 N–H and O–H groups in total. The van der Waals surface area contributed by atoms with Gasteiger partial charge in [-0.3, -0.25) is 14.4 Å². The van der Waals surface area contributed by atoms with E-state index < -0.39 is 6.10 Å². The lowest BCUT2D eigenvalue weighted by atomic mass is 10.0.